The fourth-order valence-electron chi connectivity index (χ4n) is 3.05. The van der Waals surface area contributed by atoms with Crippen molar-refractivity contribution in [3.63, 3.8) is 0 Å². The number of hydrogen-bond donors (Lipinski definition) is 2. The highest BCUT2D eigenvalue weighted by atomic mass is 32.2. The highest BCUT2D eigenvalue weighted by molar-refractivity contribution is 7.89. The van der Waals surface area contributed by atoms with Crippen LogP contribution in [-0.4, -0.2) is 46.1 Å². The molecule has 0 bridgehead atoms. The van der Waals surface area contributed by atoms with E-state index >= 15 is 0 Å². The van der Waals surface area contributed by atoms with Crippen molar-refractivity contribution in [2.45, 2.75) is 17.7 Å². The lowest BCUT2D eigenvalue weighted by atomic mass is 10.3. The number of rotatable bonds is 6. The number of para-hydroxylation sites is 2. The summed E-state index contributed by atoms with van der Waals surface area (Å²) in [6.07, 6.45) is 1.70. The van der Waals surface area contributed by atoms with E-state index in [1.807, 2.05) is 0 Å². The molecule has 1 aliphatic heterocycles. The maximum Gasteiger partial charge on any atom is 0.323 e. The number of hydrogen-bond acceptors (Lipinski definition) is 5. The van der Waals surface area contributed by atoms with E-state index in [0.717, 1.165) is 12.8 Å². The van der Waals surface area contributed by atoms with Gasteiger partial charge in [0.1, 0.15) is 11.5 Å². The molecular formula is C19H23N3O5S. The van der Waals surface area contributed by atoms with Crippen molar-refractivity contribution < 1.29 is 22.7 Å². The van der Waals surface area contributed by atoms with Crippen LogP contribution in [0.4, 0.5) is 16.2 Å². The summed E-state index contributed by atoms with van der Waals surface area (Å²) in [6.45, 7) is 1.01. The summed E-state index contributed by atoms with van der Waals surface area (Å²) in [4.78, 5) is 12.6. The molecule has 1 saturated heterocycles. The minimum atomic E-state index is -3.61. The molecule has 0 radical (unpaired) electrons. The van der Waals surface area contributed by atoms with Crippen LogP contribution in [0.25, 0.3) is 0 Å². The van der Waals surface area contributed by atoms with Crippen LogP contribution < -0.4 is 20.1 Å². The topological polar surface area (TPSA) is 97.0 Å². The van der Waals surface area contributed by atoms with Gasteiger partial charge in [0.05, 0.1) is 30.5 Å². The first-order chi connectivity index (χ1) is 13.5. The normalized spacial score (nSPS) is 14.5. The number of carbonyl (C=O) groups excluding carboxylic acids is 1. The third kappa shape index (κ3) is 4.20. The van der Waals surface area contributed by atoms with Crippen LogP contribution in [0.3, 0.4) is 0 Å². The highest BCUT2D eigenvalue weighted by Gasteiger charge is 2.28. The number of benzene rings is 2. The van der Waals surface area contributed by atoms with Crippen molar-refractivity contribution >= 4 is 27.4 Å². The molecule has 3 rings (SSSR count). The molecule has 2 aromatic carbocycles. The van der Waals surface area contributed by atoms with Crippen molar-refractivity contribution in [2.24, 2.45) is 0 Å². The zero-order valence-electron chi connectivity index (χ0n) is 15.8. The Morgan fingerprint density at radius 2 is 1.54 bits per heavy atom. The van der Waals surface area contributed by atoms with E-state index in [1.165, 1.54) is 36.7 Å². The largest absolute Gasteiger partial charge is 0.495 e. The van der Waals surface area contributed by atoms with E-state index in [2.05, 4.69) is 10.6 Å². The Morgan fingerprint density at radius 1 is 0.929 bits per heavy atom. The van der Waals surface area contributed by atoms with Crippen LogP contribution in [0.5, 0.6) is 11.5 Å². The molecular weight excluding hydrogens is 382 g/mol. The summed E-state index contributed by atoms with van der Waals surface area (Å²) >= 11 is 0. The highest BCUT2D eigenvalue weighted by Crippen LogP contribution is 2.30. The van der Waals surface area contributed by atoms with E-state index in [0.29, 0.717) is 30.3 Å². The molecule has 150 valence electrons. The molecule has 28 heavy (non-hydrogen) atoms. The standard InChI is InChI=1S/C19H23N3O5S/c1-26-17-8-4-3-7-15(17)20-19(23)21-16-13-14(9-10-18(16)27-2)28(24,25)22-11-5-6-12-22/h3-4,7-10,13H,5-6,11-12H2,1-2H3,(H2,20,21,23). The first-order valence-electron chi connectivity index (χ1n) is 8.85. The Kier molecular flexibility index (Phi) is 6.05. The molecule has 8 nitrogen and oxygen atoms in total. The lowest BCUT2D eigenvalue weighted by Crippen LogP contribution is -2.28. The third-order valence-electron chi connectivity index (χ3n) is 4.48. The summed E-state index contributed by atoms with van der Waals surface area (Å²) in [5.74, 6) is 0.866. The second-order valence-electron chi connectivity index (χ2n) is 6.25. The van der Waals surface area contributed by atoms with Crippen molar-refractivity contribution in [1.29, 1.82) is 0 Å². The summed E-state index contributed by atoms with van der Waals surface area (Å²) in [6, 6.07) is 10.9. The van der Waals surface area contributed by atoms with Crippen molar-refractivity contribution in [2.75, 3.05) is 37.9 Å². The Morgan fingerprint density at radius 3 is 2.21 bits per heavy atom. The van der Waals surface area contributed by atoms with E-state index in [4.69, 9.17) is 9.47 Å². The van der Waals surface area contributed by atoms with Gasteiger partial charge in [0.25, 0.3) is 0 Å². The fraction of sp³-hybridized carbons (Fsp3) is 0.316. The van der Waals surface area contributed by atoms with Gasteiger partial charge < -0.3 is 20.1 Å². The molecule has 0 saturated carbocycles. The zero-order chi connectivity index (χ0) is 20.1. The Bertz CT molecular complexity index is 956. The maximum atomic E-state index is 12.8. The maximum absolute atomic E-state index is 12.8. The summed E-state index contributed by atoms with van der Waals surface area (Å²) < 4.78 is 37.5. The number of nitrogens with zero attached hydrogens (tertiary/aromatic N) is 1. The number of carbonyl (C=O) groups is 1. The van der Waals surface area contributed by atoms with E-state index in [-0.39, 0.29) is 10.6 Å². The van der Waals surface area contributed by atoms with Crippen molar-refractivity contribution in [1.82, 2.24) is 4.31 Å². The summed E-state index contributed by atoms with van der Waals surface area (Å²) in [5.41, 5.74) is 0.748. The van der Waals surface area contributed by atoms with E-state index < -0.39 is 16.1 Å². The van der Waals surface area contributed by atoms with Crippen molar-refractivity contribution in [3.05, 3.63) is 42.5 Å². The average molecular weight is 405 g/mol. The molecule has 0 aromatic heterocycles. The number of nitrogens with one attached hydrogen (secondary N) is 2. The van der Waals surface area contributed by atoms with Crippen LogP contribution in [-0.2, 0) is 10.0 Å². The molecule has 0 aliphatic carbocycles. The summed E-state index contributed by atoms with van der Waals surface area (Å²) in [7, 11) is -0.646. The first kappa shape index (κ1) is 20.0. The second kappa shape index (κ2) is 8.49. The van der Waals surface area contributed by atoms with Crippen LogP contribution in [0.2, 0.25) is 0 Å². The predicted octanol–water partition coefficient (Wildman–Crippen LogP) is 3.13. The van der Waals surface area contributed by atoms with Gasteiger partial charge in [-0.1, -0.05) is 12.1 Å². The van der Waals surface area contributed by atoms with Gasteiger partial charge in [0.2, 0.25) is 10.0 Å². The minimum absolute atomic E-state index is 0.114. The number of amides is 2. The monoisotopic (exact) mass is 405 g/mol. The number of urea groups is 1. The number of anilines is 2. The molecule has 1 aliphatic rings. The van der Waals surface area contributed by atoms with Gasteiger partial charge in [-0.2, -0.15) is 4.31 Å². The second-order valence-corrected chi connectivity index (χ2v) is 8.19. The molecule has 2 aromatic rings. The third-order valence-corrected chi connectivity index (χ3v) is 6.37. The molecule has 1 fully saturated rings. The smallest absolute Gasteiger partial charge is 0.323 e. The van der Waals surface area contributed by atoms with Crippen LogP contribution in [0.1, 0.15) is 12.8 Å². The SMILES string of the molecule is COc1ccccc1NC(=O)Nc1cc(S(=O)(=O)N2CCCC2)ccc1OC. The molecule has 0 unspecified atom stereocenters. The van der Waals surface area contributed by atoms with Gasteiger partial charge in [0.15, 0.2) is 0 Å². The molecule has 1 heterocycles. The summed E-state index contributed by atoms with van der Waals surface area (Å²) in [5, 5.41) is 5.33. The van der Waals surface area contributed by atoms with Crippen LogP contribution in [0.15, 0.2) is 47.4 Å². The Hall–Kier alpha value is -2.78. The number of sulfonamides is 1. The molecule has 9 heteroatoms. The molecule has 0 spiro atoms. The lowest BCUT2D eigenvalue weighted by Gasteiger charge is -2.18. The van der Waals surface area contributed by atoms with Gasteiger partial charge in [0, 0.05) is 13.1 Å². The number of ether oxygens (including phenoxy) is 2. The fourth-order valence-corrected chi connectivity index (χ4v) is 4.59. The van der Waals surface area contributed by atoms with Crippen molar-refractivity contribution in [3.8, 4) is 11.5 Å². The predicted molar refractivity (Wildman–Crippen MR) is 107 cm³/mol. The molecule has 0 atom stereocenters. The van der Waals surface area contributed by atoms with Gasteiger partial charge >= 0.3 is 6.03 Å². The van der Waals surface area contributed by atoms with E-state index in [9.17, 15) is 13.2 Å². The van der Waals surface area contributed by atoms with Gasteiger partial charge in [-0.05, 0) is 43.2 Å². The quantitative estimate of drug-likeness (QED) is 0.770. The van der Waals surface area contributed by atoms with Crippen LogP contribution >= 0.6 is 0 Å². The lowest BCUT2D eigenvalue weighted by molar-refractivity contribution is 0.262. The van der Waals surface area contributed by atoms with Gasteiger partial charge in [-0.15, -0.1) is 0 Å². The average Bonchev–Trinajstić information content (AvgIpc) is 3.24. The Labute approximate surface area is 164 Å². The minimum Gasteiger partial charge on any atom is -0.495 e. The van der Waals surface area contributed by atoms with Gasteiger partial charge in [-0.25, -0.2) is 13.2 Å². The zero-order valence-corrected chi connectivity index (χ0v) is 16.6. The van der Waals surface area contributed by atoms with E-state index in [1.54, 1.807) is 24.3 Å². The Balaban J connectivity index is 1.83. The number of methoxy groups -OCH3 is 2. The molecule has 2 N–H and O–H groups in total. The first-order valence-corrected chi connectivity index (χ1v) is 10.3. The van der Waals surface area contributed by atoms with Gasteiger partial charge in [-0.3, -0.25) is 0 Å². The van der Waals surface area contributed by atoms with Crippen LogP contribution in [0, 0.1) is 0 Å². The molecule has 2 amide bonds.